The lowest BCUT2D eigenvalue weighted by molar-refractivity contribution is -0.136. The number of carbonyl (C=O) groups excluding carboxylic acids is 2. The van der Waals surface area contributed by atoms with Crippen molar-refractivity contribution in [2.75, 3.05) is 11.9 Å². The predicted molar refractivity (Wildman–Crippen MR) is 90.4 cm³/mol. The van der Waals surface area contributed by atoms with Crippen LogP contribution in [0.15, 0.2) is 35.8 Å². The minimum Gasteiger partial charge on any atom is -0.330 e. The van der Waals surface area contributed by atoms with E-state index in [0.29, 0.717) is 25.2 Å². The molecular weight excluding hydrogens is 310 g/mol. The van der Waals surface area contributed by atoms with Crippen LogP contribution in [-0.2, 0) is 16.0 Å². The van der Waals surface area contributed by atoms with E-state index in [-0.39, 0.29) is 11.8 Å². The molecular formula is C17H19N3O2S. The Bertz CT molecular complexity index is 700. The molecule has 5 nitrogen and oxygen atoms in total. The number of hydrogen-bond acceptors (Lipinski definition) is 4. The van der Waals surface area contributed by atoms with Crippen LogP contribution in [0.4, 0.5) is 5.82 Å². The largest absolute Gasteiger partial charge is 0.330 e. The van der Waals surface area contributed by atoms with Crippen molar-refractivity contribution >= 4 is 29.0 Å². The Morgan fingerprint density at radius 3 is 3.04 bits per heavy atom. The zero-order chi connectivity index (χ0) is 16.2. The third-order valence-electron chi connectivity index (χ3n) is 3.95. The second-order valence-electron chi connectivity index (χ2n) is 5.71. The van der Waals surface area contributed by atoms with Crippen LogP contribution in [0.25, 0.3) is 0 Å². The van der Waals surface area contributed by atoms with Crippen LogP contribution in [0.2, 0.25) is 0 Å². The first-order valence-electron chi connectivity index (χ1n) is 7.69. The van der Waals surface area contributed by atoms with Gasteiger partial charge in [-0.1, -0.05) is 6.07 Å². The van der Waals surface area contributed by atoms with E-state index in [9.17, 15) is 9.59 Å². The van der Waals surface area contributed by atoms with Gasteiger partial charge in [-0.25, -0.2) is 4.98 Å². The van der Waals surface area contributed by atoms with Crippen molar-refractivity contribution in [3.05, 3.63) is 46.3 Å². The third-order valence-corrected chi connectivity index (χ3v) is 4.82. The minimum atomic E-state index is -0.398. The number of rotatable bonds is 4. The molecule has 1 saturated heterocycles. The van der Waals surface area contributed by atoms with E-state index in [0.717, 1.165) is 16.9 Å². The fourth-order valence-corrected chi connectivity index (χ4v) is 3.51. The Morgan fingerprint density at radius 2 is 2.30 bits per heavy atom. The molecule has 2 aromatic rings. The maximum Gasteiger partial charge on any atom is 0.248 e. The highest BCUT2D eigenvalue weighted by molar-refractivity contribution is 7.10. The molecule has 6 heteroatoms. The zero-order valence-electron chi connectivity index (χ0n) is 13.0. The second kappa shape index (κ2) is 6.91. The number of anilines is 1. The Hall–Kier alpha value is -2.21. The SMILES string of the molecule is Cc1ccnc(NC(=O)[C@H]2CCCN2C(=O)Cc2cccs2)c1. The maximum absolute atomic E-state index is 12.5. The van der Waals surface area contributed by atoms with Gasteiger partial charge >= 0.3 is 0 Å². The number of likely N-dealkylation sites (tertiary alicyclic amines) is 1. The summed E-state index contributed by atoms with van der Waals surface area (Å²) in [6.45, 7) is 2.59. The van der Waals surface area contributed by atoms with Crippen LogP contribution in [-0.4, -0.2) is 34.3 Å². The van der Waals surface area contributed by atoms with Crippen molar-refractivity contribution in [1.82, 2.24) is 9.88 Å². The van der Waals surface area contributed by atoms with E-state index < -0.39 is 6.04 Å². The van der Waals surface area contributed by atoms with E-state index >= 15 is 0 Å². The van der Waals surface area contributed by atoms with E-state index in [1.54, 1.807) is 22.4 Å². The van der Waals surface area contributed by atoms with Crippen molar-refractivity contribution < 1.29 is 9.59 Å². The highest BCUT2D eigenvalue weighted by Crippen LogP contribution is 2.21. The molecule has 2 aromatic heterocycles. The molecule has 1 atom stereocenters. The van der Waals surface area contributed by atoms with Gasteiger partial charge in [0.25, 0.3) is 0 Å². The van der Waals surface area contributed by atoms with Gasteiger partial charge in [-0.15, -0.1) is 11.3 Å². The summed E-state index contributed by atoms with van der Waals surface area (Å²) in [4.78, 5) is 31.8. The number of thiophene rings is 1. The summed E-state index contributed by atoms with van der Waals surface area (Å²) in [5, 5.41) is 4.79. The van der Waals surface area contributed by atoms with Crippen molar-refractivity contribution in [3.8, 4) is 0 Å². The number of nitrogens with one attached hydrogen (secondary N) is 1. The number of pyridine rings is 1. The van der Waals surface area contributed by atoms with Gasteiger partial charge in [0.05, 0.1) is 6.42 Å². The summed E-state index contributed by atoms with van der Waals surface area (Å²) in [5.41, 5.74) is 1.03. The Labute approximate surface area is 139 Å². The van der Waals surface area contributed by atoms with E-state index in [1.165, 1.54) is 0 Å². The fraction of sp³-hybridized carbons (Fsp3) is 0.353. The fourth-order valence-electron chi connectivity index (χ4n) is 2.82. The van der Waals surface area contributed by atoms with Gasteiger partial charge < -0.3 is 10.2 Å². The van der Waals surface area contributed by atoms with Crippen LogP contribution >= 0.6 is 11.3 Å². The molecule has 0 radical (unpaired) electrons. The smallest absolute Gasteiger partial charge is 0.248 e. The highest BCUT2D eigenvalue weighted by atomic mass is 32.1. The summed E-state index contributed by atoms with van der Waals surface area (Å²) in [6, 6.07) is 7.19. The quantitative estimate of drug-likeness (QED) is 0.938. The number of nitrogens with zero attached hydrogens (tertiary/aromatic N) is 2. The molecule has 3 heterocycles. The number of aromatic nitrogens is 1. The van der Waals surface area contributed by atoms with Gasteiger partial charge in [0.15, 0.2) is 0 Å². The first-order chi connectivity index (χ1) is 11.1. The lowest BCUT2D eigenvalue weighted by Crippen LogP contribution is -2.43. The van der Waals surface area contributed by atoms with Crippen LogP contribution in [0, 0.1) is 6.92 Å². The van der Waals surface area contributed by atoms with Crippen molar-refractivity contribution in [2.24, 2.45) is 0 Å². The molecule has 0 saturated carbocycles. The molecule has 0 aliphatic carbocycles. The Morgan fingerprint density at radius 1 is 1.43 bits per heavy atom. The van der Waals surface area contributed by atoms with Crippen molar-refractivity contribution in [3.63, 3.8) is 0 Å². The summed E-state index contributed by atoms with van der Waals surface area (Å²) < 4.78 is 0. The number of amides is 2. The monoisotopic (exact) mass is 329 g/mol. The summed E-state index contributed by atoms with van der Waals surface area (Å²) >= 11 is 1.57. The van der Waals surface area contributed by atoms with Gasteiger partial charge in [0, 0.05) is 17.6 Å². The molecule has 0 spiro atoms. The predicted octanol–water partition coefficient (Wildman–Crippen LogP) is 2.62. The highest BCUT2D eigenvalue weighted by Gasteiger charge is 2.34. The third kappa shape index (κ3) is 3.76. The molecule has 3 rings (SSSR count). The van der Waals surface area contributed by atoms with Gasteiger partial charge in [-0.3, -0.25) is 9.59 Å². The first-order valence-corrected chi connectivity index (χ1v) is 8.57. The summed E-state index contributed by atoms with van der Waals surface area (Å²) in [7, 11) is 0. The van der Waals surface area contributed by atoms with Crippen LogP contribution < -0.4 is 5.32 Å². The standard InChI is InChI=1S/C17H19N3O2S/c1-12-6-7-18-15(10-12)19-17(22)14-5-2-8-20(14)16(21)11-13-4-3-9-23-13/h3-4,6-7,9-10,14H,2,5,8,11H2,1H3,(H,18,19,22)/t14-/m1/s1. The summed E-state index contributed by atoms with van der Waals surface area (Å²) in [6.07, 6.45) is 3.59. The first kappa shape index (κ1) is 15.7. The van der Waals surface area contributed by atoms with Crippen molar-refractivity contribution in [1.29, 1.82) is 0 Å². The number of carbonyl (C=O) groups is 2. The summed E-state index contributed by atoms with van der Waals surface area (Å²) in [5.74, 6) is 0.398. The molecule has 1 fully saturated rings. The van der Waals surface area contributed by atoms with E-state index in [1.807, 2.05) is 36.6 Å². The van der Waals surface area contributed by atoms with Crippen LogP contribution in [0.1, 0.15) is 23.3 Å². The molecule has 1 aliphatic rings. The normalized spacial score (nSPS) is 17.3. The average molecular weight is 329 g/mol. The van der Waals surface area contributed by atoms with Crippen LogP contribution in [0.5, 0.6) is 0 Å². The van der Waals surface area contributed by atoms with Crippen LogP contribution in [0.3, 0.4) is 0 Å². The van der Waals surface area contributed by atoms with Gasteiger partial charge in [0.1, 0.15) is 11.9 Å². The molecule has 120 valence electrons. The van der Waals surface area contributed by atoms with E-state index in [4.69, 9.17) is 0 Å². The molecule has 0 bridgehead atoms. The molecule has 1 aliphatic heterocycles. The maximum atomic E-state index is 12.5. The Kier molecular flexibility index (Phi) is 4.71. The lowest BCUT2D eigenvalue weighted by Gasteiger charge is -2.23. The lowest BCUT2D eigenvalue weighted by atomic mass is 10.2. The molecule has 0 unspecified atom stereocenters. The zero-order valence-corrected chi connectivity index (χ0v) is 13.8. The Balaban J connectivity index is 1.66. The topological polar surface area (TPSA) is 62.3 Å². The second-order valence-corrected chi connectivity index (χ2v) is 6.74. The van der Waals surface area contributed by atoms with Crippen molar-refractivity contribution in [2.45, 2.75) is 32.2 Å². The number of hydrogen-bond donors (Lipinski definition) is 1. The van der Waals surface area contributed by atoms with E-state index in [2.05, 4.69) is 10.3 Å². The minimum absolute atomic E-state index is 0.0160. The van der Waals surface area contributed by atoms with Gasteiger partial charge in [-0.05, 0) is 48.9 Å². The van der Waals surface area contributed by atoms with Gasteiger partial charge in [-0.2, -0.15) is 0 Å². The number of aryl methyl sites for hydroxylation is 1. The molecule has 0 aromatic carbocycles. The molecule has 2 amide bonds. The average Bonchev–Trinajstić information content (AvgIpc) is 3.18. The van der Waals surface area contributed by atoms with Gasteiger partial charge in [0.2, 0.25) is 11.8 Å². The molecule has 23 heavy (non-hydrogen) atoms. The molecule has 1 N–H and O–H groups in total.